The van der Waals surface area contributed by atoms with Gasteiger partial charge in [0.05, 0.1) is 32.4 Å². The fourth-order valence-corrected chi connectivity index (χ4v) is 1.72. The maximum Gasteiger partial charge on any atom is 0.264 e. The summed E-state index contributed by atoms with van der Waals surface area (Å²) in [5, 5.41) is 9.91. The maximum atomic E-state index is 10.2. The zero-order chi connectivity index (χ0) is 15.5. The van der Waals surface area contributed by atoms with Gasteiger partial charge in [0.25, 0.3) is 10.1 Å². The molecular weight excluding hydrogens is 270 g/mol. The Balaban J connectivity index is 0. The third-order valence-corrected chi connectivity index (χ3v) is 2.97. The van der Waals surface area contributed by atoms with Gasteiger partial charge in [0.1, 0.15) is 0 Å². The maximum absolute atomic E-state index is 10.2. The van der Waals surface area contributed by atoms with Crippen molar-refractivity contribution >= 4 is 16.1 Å². The number of nitrogens with one attached hydrogen (secondary N) is 1. The number of unbranched alkanes of at least 4 members (excludes halogenated alkanes) is 1. The van der Waals surface area contributed by atoms with E-state index in [1.165, 1.54) is 11.8 Å². The highest BCUT2D eigenvalue weighted by Gasteiger charge is 2.03. The van der Waals surface area contributed by atoms with Crippen LogP contribution in [0.1, 0.15) is 33.1 Å². The molecule has 0 unspecified atom stereocenters. The first kappa shape index (κ1) is 20.4. The van der Waals surface area contributed by atoms with Crippen LogP contribution in [0, 0.1) is 0 Å². The van der Waals surface area contributed by atoms with Crippen molar-refractivity contribution < 1.29 is 27.8 Å². The van der Waals surface area contributed by atoms with E-state index < -0.39 is 16.1 Å². The van der Waals surface area contributed by atoms with Gasteiger partial charge in [0.2, 0.25) is 0 Å². The first-order valence-corrected chi connectivity index (χ1v) is 7.83. The van der Waals surface area contributed by atoms with Crippen LogP contribution in [0.2, 0.25) is 0 Å². The Morgan fingerprint density at radius 3 is 2.11 bits per heavy atom. The highest BCUT2D eigenvalue weighted by Crippen LogP contribution is 1.91. The number of carbonyl (C=O) groups excluding carboxylic acids is 1. The van der Waals surface area contributed by atoms with Crippen molar-refractivity contribution in [3.8, 4) is 0 Å². The predicted molar refractivity (Wildman–Crippen MR) is 72.4 cm³/mol. The monoisotopic (exact) mass is 295 g/mol. The molecule has 0 spiro atoms. The number of hydrogen-bond donors (Lipinski definition) is 2. The summed E-state index contributed by atoms with van der Waals surface area (Å²) in [6.45, 7) is 4.35. The number of aliphatic carboxylic acids is 1. The summed E-state index contributed by atoms with van der Waals surface area (Å²) < 4.78 is 28.8. The van der Waals surface area contributed by atoms with Crippen LogP contribution in [-0.2, 0) is 14.9 Å². The van der Waals surface area contributed by atoms with Gasteiger partial charge in [-0.2, -0.15) is 8.42 Å². The van der Waals surface area contributed by atoms with Gasteiger partial charge in [-0.05, 0) is 31.8 Å². The Bertz CT molecular complexity index is 374. The summed E-state index contributed by atoms with van der Waals surface area (Å²) >= 11 is 0. The van der Waals surface area contributed by atoms with Crippen molar-refractivity contribution in [3.05, 3.63) is 11.6 Å². The van der Waals surface area contributed by atoms with Gasteiger partial charge in [0, 0.05) is 0 Å². The molecule has 0 radical (unpaired) electrons. The van der Waals surface area contributed by atoms with Crippen molar-refractivity contribution in [1.82, 2.24) is 0 Å². The molecule has 0 amide bonds. The highest BCUT2D eigenvalue weighted by molar-refractivity contribution is 7.85. The molecule has 0 rings (SSSR count). The standard InChI is InChI=1S/C6H15NO3S.C6H10O2/c1-7(2)5-3-4-6-11(8,9)10;1-3-4-5(2)6(7)8/h3-6H2,1-2H3,(H,8,9,10);4H,3H2,1-2H3,(H,7,8). The second kappa shape index (κ2) is 11.0. The molecule has 0 aromatic carbocycles. The molecular formula is C12H25NO5S. The summed E-state index contributed by atoms with van der Waals surface area (Å²) in [6.07, 6.45) is 3.75. The number of carbonyl (C=O) groups is 1. The van der Waals surface area contributed by atoms with Gasteiger partial charge >= 0.3 is 0 Å². The topological polar surface area (TPSA) is 98.9 Å². The molecule has 0 atom stereocenters. The van der Waals surface area contributed by atoms with Crippen molar-refractivity contribution in [2.24, 2.45) is 0 Å². The molecule has 0 saturated heterocycles. The number of rotatable bonds is 7. The molecule has 0 heterocycles. The lowest BCUT2D eigenvalue weighted by Crippen LogP contribution is -3.05. The zero-order valence-corrected chi connectivity index (χ0v) is 12.9. The molecule has 114 valence electrons. The minimum absolute atomic E-state index is 0.111. The molecule has 0 bridgehead atoms. The van der Waals surface area contributed by atoms with E-state index in [0.717, 1.165) is 19.4 Å². The lowest BCUT2D eigenvalue weighted by atomic mass is 10.2. The van der Waals surface area contributed by atoms with Crippen molar-refractivity contribution in [2.75, 3.05) is 26.4 Å². The number of carboxylic acid groups (broad SMARTS) is 1. The normalized spacial score (nSPS) is 12.0. The van der Waals surface area contributed by atoms with Crippen LogP contribution >= 0.6 is 0 Å². The van der Waals surface area contributed by atoms with Crippen molar-refractivity contribution in [2.45, 2.75) is 33.1 Å². The fourth-order valence-electron chi connectivity index (χ4n) is 1.15. The third kappa shape index (κ3) is 19.6. The molecule has 2 N–H and O–H groups in total. The third-order valence-electron chi connectivity index (χ3n) is 2.16. The van der Waals surface area contributed by atoms with E-state index in [0.29, 0.717) is 12.0 Å². The number of carboxylic acids is 1. The summed E-state index contributed by atoms with van der Waals surface area (Å²) in [6, 6.07) is 0. The summed E-state index contributed by atoms with van der Waals surface area (Å²) in [5.41, 5.74) is 0.313. The number of hydrogen-bond acceptors (Lipinski definition) is 4. The van der Waals surface area contributed by atoms with Crippen molar-refractivity contribution in [3.63, 3.8) is 0 Å². The Morgan fingerprint density at radius 2 is 1.84 bits per heavy atom. The van der Waals surface area contributed by atoms with E-state index in [2.05, 4.69) is 0 Å². The Morgan fingerprint density at radius 1 is 1.32 bits per heavy atom. The quantitative estimate of drug-likeness (QED) is 0.352. The summed E-state index contributed by atoms with van der Waals surface area (Å²) in [4.78, 5) is 11.2. The smallest absolute Gasteiger partial charge is 0.264 e. The lowest BCUT2D eigenvalue weighted by molar-refractivity contribution is -0.858. The average molecular weight is 295 g/mol. The van der Waals surface area contributed by atoms with Gasteiger partial charge in [-0.25, -0.2) is 0 Å². The Hall–Kier alpha value is -0.920. The molecule has 0 aliphatic heterocycles. The van der Waals surface area contributed by atoms with E-state index in [1.54, 1.807) is 6.08 Å². The van der Waals surface area contributed by atoms with Gasteiger partial charge in [-0.1, -0.05) is 13.0 Å². The minimum Gasteiger partial charge on any atom is -0.545 e. The first-order valence-electron chi connectivity index (χ1n) is 6.22. The average Bonchev–Trinajstić information content (AvgIpc) is 2.24. The van der Waals surface area contributed by atoms with Crippen LogP contribution in [0.4, 0.5) is 0 Å². The minimum atomic E-state index is -3.73. The Labute approximate surface area is 115 Å². The van der Waals surface area contributed by atoms with E-state index >= 15 is 0 Å². The SMILES string of the molecule is CCC=C(C)C(=O)[O-].C[NH+](C)CCCCS(=O)(=O)O. The van der Waals surface area contributed by atoms with Crippen LogP contribution in [0.3, 0.4) is 0 Å². The Kier molecular flexibility index (Phi) is 11.8. The zero-order valence-electron chi connectivity index (χ0n) is 12.1. The molecule has 19 heavy (non-hydrogen) atoms. The molecule has 0 aromatic rings. The van der Waals surface area contributed by atoms with E-state index in [-0.39, 0.29) is 5.75 Å². The molecule has 6 nitrogen and oxygen atoms in total. The molecule has 0 aromatic heterocycles. The predicted octanol–water partition coefficient (Wildman–Crippen LogP) is -1.11. The summed E-state index contributed by atoms with van der Waals surface area (Å²) in [7, 11) is 0.283. The second-order valence-electron chi connectivity index (χ2n) is 4.53. The molecule has 0 fully saturated rings. The number of allylic oxidation sites excluding steroid dienone is 1. The molecule has 0 saturated carbocycles. The van der Waals surface area contributed by atoms with Gasteiger partial charge in [0.15, 0.2) is 0 Å². The van der Waals surface area contributed by atoms with Crippen LogP contribution in [0.15, 0.2) is 11.6 Å². The molecule has 7 heteroatoms. The first-order chi connectivity index (χ1) is 8.60. The second-order valence-corrected chi connectivity index (χ2v) is 6.11. The van der Waals surface area contributed by atoms with Crippen LogP contribution in [0.5, 0.6) is 0 Å². The van der Waals surface area contributed by atoms with Gasteiger partial charge < -0.3 is 14.8 Å². The lowest BCUT2D eigenvalue weighted by Gasteiger charge is -2.05. The van der Waals surface area contributed by atoms with Gasteiger partial charge in [-0.3, -0.25) is 4.55 Å². The molecule has 0 aliphatic carbocycles. The number of quaternary nitrogens is 1. The summed E-state index contributed by atoms with van der Waals surface area (Å²) in [5.74, 6) is -1.19. The van der Waals surface area contributed by atoms with Crippen LogP contribution in [-0.4, -0.2) is 45.3 Å². The molecule has 0 aliphatic rings. The van der Waals surface area contributed by atoms with Crippen LogP contribution in [0.25, 0.3) is 0 Å². The van der Waals surface area contributed by atoms with E-state index in [4.69, 9.17) is 4.55 Å². The highest BCUT2D eigenvalue weighted by atomic mass is 32.2. The van der Waals surface area contributed by atoms with Crippen molar-refractivity contribution in [1.29, 1.82) is 0 Å². The van der Waals surface area contributed by atoms with Gasteiger partial charge in [-0.15, -0.1) is 0 Å². The van der Waals surface area contributed by atoms with E-state index in [9.17, 15) is 18.3 Å². The van der Waals surface area contributed by atoms with Crippen LogP contribution < -0.4 is 10.0 Å². The largest absolute Gasteiger partial charge is 0.545 e. The van der Waals surface area contributed by atoms with E-state index in [1.807, 2.05) is 21.0 Å². The fraction of sp³-hybridized carbons (Fsp3) is 0.750.